The molecule has 0 unspecified atom stereocenters. The Balaban J connectivity index is 0.000000413. The van der Waals surface area contributed by atoms with Crippen LogP contribution in [0.15, 0.2) is 63.2 Å². The lowest BCUT2D eigenvalue weighted by molar-refractivity contribution is -0.0490. The summed E-state index contributed by atoms with van der Waals surface area (Å²) in [6, 6.07) is 12.2. The second-order valence-electron chi connectivity index (χ2n) is 7.34. The molecule has 0 N–H and O–H groups in total. The van der Waals surface area contributed by atoms with Gasteiger partial charge in [0.2, 0.25) is 9.84 Å². The highest BCUT2D eigenvalue weighted by atomic mass is 32.3. The number of benzene rings is 2. The van der Waals surface area contributed by atoms with Crippen LogP contribution in [0.25, 0.3) is 0 Å². The van der Waals surface area contributed by atoms with Gasteiger partial charge in [-0.05, 0) is 43.3 Å². The largest absolute Gasteiger partial charge is 0.499 e. The van der Waals surface area contributed by atoms with E-state index in [0.29, 0.717) is 10.5 Å². The van der Waals surface area contributed by atoms with Crippen molar-refractivity contribution in [2.24, 2.45) is 0 Å². The van der Waals surface area contributed by atoms with Crippen molar-refractivity contribution >= 4 is 57.8 Å². The number of hydrogen-bond donors (Lipinski definition) is 1. The van der Waals surface area contributed by atoms with E-state index in [1.165, 1.54) is 43.3 Å². The Labute approximate surface area is 231 Å². The minimum absolute atomic E-state index is 0.0941. The first-order valence-corrected chi connectivity index (χ1v) is 16.2. The molecule has 23 heteroatoms. The monoisotopic (exact) mass is 704 g/mol. The number of carbonyl (C=O) groups excluding carboxylic acids is 1. The van der Waals surface area contributed by atoms with Gasteiger partial charge in [0, 0.05) is 10.5 Å². The van der Waals surface area contributed by atoms with Crippen LogP contribution in [-0.4, -0.2) is 59.9 Å². The fourth-order valence-electron chi connectivity index (χ4n) is 2.46. The molecule has 232 valence electrons. The van der Waals surface area contributed by atoms with Crippen molar-refractivity contribution in [2.75, 3.05) is 0 Å². The average molecular weight is 705 g/mol. The number of alkyl halides is 9. The van der Waals surface area contributed by atoms with Gasteiger partial charge in [-0.1, -0.05) is 12.1 Å². The first-order valence-electron chi connectivity index (χ1n) is 9.58. The second-order valence-corrected chi connectivity index (χ2v) is 16.8. The summed E-state index contributed by atoms with van der Waals surface area (Å²) in [5.74, 6) is -0.0941. The normalized spacial score (nSPS) is 13.9. The number of sulfone groups is 4. The van der Waals surface area contributed by atoms with E-state index in [4.69, 9.17) is 0 Å². The Hall–Kier alpha value is -2.37. The Morgan fingerprint density at radius 3 is 1.10 bits per heavy atom. The van der Waals surface area contributed by atoms with E-state index in [1.807, 2.05) is 0 Å². The van der Waals surface area contributed by atoms with E-state index >= 15 is 0 Å². The zero-order chi connectivity index (χ0) is 32.6. The fourth-order valence-corrected chi connectivity index (χ4v) is 10.5. The summed E-state index contributed by atoms with van der Waals surface area (Å²) in [7, 11) is -27.4. The van der Waals surface area contributed by atoms with Gasteiger partial charge in [0.05, 0.1) is 9.79 Å². The lowest BCUT2D eigenvalue weighted by Gasteiger charge is -2.21. The topological polar surface area (TPSA) is 154 Å². The van der Waals surface area contributed by atoms with Crippen LogP contribution in [0.2, 0.25) is 0 Å². The molecule has 0 amide bonds. The second kappa shape index (κ2) is 11.7. The quantitative estimate of drug-likeness (QED) is 0.266. The Morgan fingerprint density at radius 2 is 0.854 bits per heavy atom. The molecular formula is C18H13F9O9S5. The predicted octanol–water partition coefficient (Wildman–Crippen LogP) is 4.08. The number of carbonyl (C=O) groups is 1. The van der Waals surface area contributed by atoms with E-state index in [0.717, 1.165) is 0 Å². The van der Waals surface area contributed by atoms with Gasteiger partial charge in [-0.2, -0.15) is 39.5 Å². The van der Waals surface area contributed by atoms with E-state index in [1.54, 1.807) is 12.1 Å². The van der Waals surface area contributed by atoms with Gasteiger partial charge in [0.15, 0.2) is 5.78 Å². The molecule has 0 atom stereocenters. The van der Waals surface area contributed by atoms with Crippen LogP contribution in [0, 0.1) is 0 Å². The molecule has 0 aliphatic heterocycles. The number of thiol groups is 1. The summed E-state index contributed by atoms with van der Waals surface area (Å²) in [5, 5.41) is 0. The van der Waals surface area contributed by atoms with E-state index < -0.39 is 59.8 Å². The number of Topliss-reactive ketones (excluding diaryl/α,β-unsaturated/α-hetero) is 1. The van der Waals surface area contributed by atoms with Crippen molar-refractivity contribution in [3.05, 3.63) is 54.1 Å². The summed E-state index contributed by atoms with van der Waals surface area (Å²) >= 11 is 4.12. The standard InChI is InChI=1S/C14H12O3S2.C4HF9O6S3/c1-10(15)11-2-6-13(7-3-11)19(16,17)14-8-4-12(18)5-9-14;5-2(6,7)20(14,15)1(21(16,17)3(8,9)10)22(18,19)4(11,12)13/h2-9,18H,1H3;1H. The molecule has 9 nitrogen and oxygen atoms in total. The Bertz CT molecular complexity index is 1600. The number of hydrogen-bond acceptors (Lipinski definition) is 10. The van der Waals surface area contributed by atoms with Gasteiger partial charge in [-0.25, -0.2) is 33.7 Å². The summed E-state index contributed by atoms with van der Waals surface area (Å²) in [6.45, 7) is 1.44. The average Bonchev–Trinajstić information content (AvgIpc) is 2.77. The maximum atomic E-state index is 12.3. The van der Waals surface area contributed by atoms with Crippen molar-refractivity contribution < 1.29 is 78.0 Å². The van der Waals surface area contributed by atoms with E-state index in [-0.39, 0.29) is 15.6 Å². The van der Waals surface area contributed by atoms with Crippen LogP contribution in [0.3, 0.4) is 0 Å². The number of halogens is 9. The van der Waals surface area contributed by atoms with Crippen LogP contribution in [0.4, 0.5) is 39.5 Å². The van der Waals surface area contributed by atoms with Crippen molar-refractivity contribution in [1.82, 2.24) is 0 Å². The Morgan fingerprint density at radius 1 is 0.585 bits per heavy atom. The molecule has 2 aromatic carbocycles. The molecule has 0 saturated heterocycles. The predicted molar refractivity (Wildman–Crippen MR) is 124 cm³/mol. The first kappa shape index (κ1) is 36.7. The number of rotatable bonds is 6. The molecule has 0 bridgehead atoms. The van der Waals surface area contributed by atoms with Crippen LogP contribution < -0.4 is 0 Å². The molecule has 0 saturated carbocycles. The highest BCUT2D eigenvalue weighted by molar-refractivity contribution is 8.24. The zero-order valence-corrected chi connectivity index (χ0v) is 23.5. The molecule has 0 fully saturated rings. The molecule has 0 aliphatic carbocycles. The minimum Gasteiger partial charge on any atom is -0.295 e. The van der Waals surface area contributed by atoms with Gasteiger partial charge >= 0.3 is 16.5 Å². The molecular weight excluding hydrogens is 692 g/mol. The summed E-state index contributed by atoms with van der Waals surface area (Å²) < 4.78 is 191. The minimum atomic E-state index is -7.94. The van der Waals surface area contributed by atoms with Gasteiger partial charge in [-0.15, -0.1) is 12.6 Å². The van der Waals surface area contributed by atoms with Crippen LogP contribution in [0.5, 0.6) is 0 Å². The maximum Gasteiger partial charge on any atom is 0.499 e. The zero-order valence-electron chi connectivity index (χ0n) is 19.4. The SMILES string of the molecule is CC(=O)c1ccc(S(=O)(=O)c2ccc(S)cc2)cc1.O=S(=O)(C(S(=O)(=O)C(F)(F)F)S(=O)(=O)C(F)(F)F)C(F)(F)F. The number of ketones is 1. The molecule has 0 heterocycles. The molecule has 2 rings (SSSR count). The molecule has 0 aliphatic rings. The smallest absolute Gasteiger partial charge is 0.295 e. The van der Waals surface area contributed by atoms with Gasteiger partial charge in [-0.3, -0.25) is 4.79 Å². The van der Waals surface area contributed by atoms with Crippen molar-refractivity contribution in [1.29, 1.82) is 0 Å². The molecule has 41 heavy (non-hydrogen) atoms. The third kappa shape index (κ3) is 7.73. The van der Waals surface area contributed by atoms with Gasteiger partial charge in [0.25, 0.3) is 33.4 Å². The summed E-state index contributed by atoms with van der Waals surface area (Å²) in [6.07, 6.45) is 0. The molecule has 0 aromatic heterocycles. The lowest BCUT2D eigenvalue weighted by Crippen LogP contribution is -2.52. The van der Waals surface area contributed by atoms with Crippen LogP contribution in [0.1, 0.15) is 17.3 Å². The highest BCUT2D eigenvalue weighted by Gasteiger charge is 2.73. The first-order chi connectivity index (χ1) is 18.0. The van der Waals surface area contributed by atoms with Gasteiger partial charge in [0.1, 0.15) is 0 Å². The van der Waals surface area contributed by atoms with Crippen molar-refractivity contribution in [3.63, 3.8) is 0 Å². The van der Waals surface area contributed by atoms with Crippen LogP contribution >= 0.6 is 12.6 Å². The lowest BCUT2D eigenvalue weighted by atomic mass is 10.2. The van der Waals surface area contributed by atoms with Crippen molar-refractivity contribution in [2.45, 2.75) is 42.0 Å². The van der Waals surface area contributed by atoms with Gasteiger partial charge < -0.3 is 0 Å². The highest BCUT2D eigenvalue weighted by Crippen LogP contribution is 2.43. The third-order valence-electron chi connectivity index (χ3n) is 4.45. The fraction of sp³-hybridized carbons (Fsp3) is 0.278. The van der Waals surface area contributed by atoms with Crippen molar-refractivity contribution in [3.8, 4) is 0 Å². The molecule has 2 aromatic rings. The van der Waals surface area contributed by atoms with E-state index in [2.05, 4.69) is 12.6 Å². The summed E-state index contributed by atoms with van der Waals surface area (Å²) in [5.41, 5.74) is -20.6. The summed E-state index contributed by atoms with van der Waals surface area (Å²) in [4.78, 5) is 12.2. The Kier molecular flexibility index (Phi) is 10.5. The van der Waals surface area contributed by atoms with E-state index in [9.17, 15) is 78.0 Å². The molecule has 0 radical (unpaired) electrons. The maximum absolute atomic E-state index is 12.3. The third-order valence-corrected chi connectivity index (χ3v) is 14.5. The molecule has 0 spiro atoms. The van der Waals surface area contributed by atoms with Crippen LogP contribution in [-0.2, 0) is 39.3 Å².